The zero-order valence-corrected chi connectivity index (χ0v) is 14.5. The Morgan fingerprint density at radius 1 is 1.21 bits per heavy atom. The molecule has 0 spiro atoms. The second kappa shape index (κ2) is 7.35. The molecular formula is C15H20N6O2S. The summed E-state index contributed by atoms with van der Waals surface area (Å²) in [5, 5.41) is 10.0. The van der Waals surface area contributed by atoms with E-state index in [1.807, 2.05) is 45.0 Å². The number of nitrogens with zero attached hydrogens (tertiary/aromatic N) is 3. The van der Waals surface area contributed by atoms with Gasteiger partial charge in [-0.1, -0.05) is 55.4 Å². The number of hydrogen-bond acceptors (Lipinski definition) is 6. The van der Waals surface area contributed by atoms with Gasteiger partial charge in [-0.15, -0.1) is 10.2 Å². The Morgan fingerprint density at radius 3 is 2.38 bits per heavy atom. The van der Waals surface area contributed by atoms with Gasteiger partial charge in [-0.05, 0) is 12.8 Å². The van der Waals surface area contributed by atoms with Crippen LogP contribution >= 0.6 is 11.8 Å². The summed E-state index contributed by atoms with van der Waals surface area (Å²) < 4.78 is 1.34. The van der Waals surface area contributed by atoms with E-state index in [1.54, 1.807) is 0 Å². The lowest BCUT2D eigenvalue weighted by Crippen LogP contribution is -2.42. The summed E-state index contributed by atoms with van der Waals surface area (Å²) in [6, 6.07) is 6.82. The first-order valence-corrected chi connectivity index (χ1v) is 8.22. The molecule has 0 unspecified atom stereocenters. The summed E-state index contributed by atoms with van der Waals surface area (Å²) >= 11 is 1.14. The van der Waals surface area contributed by atoms with E-state index >= 15 is 0 Å². The van der Waals surface area contributed by atoms with Crippen molar-refractivity contribution in [3.63, 3.8) is 0 Å². The number of urea groups is 1. The number of nitrogen functional groups attached to an aromatic ring is 1. The molecule has 9 heteroatoms. The Bertz CT molecular complexity index is 741. The number of carbonyl (C=O) groups excluding carboxylic acids is 2. The number of aromatic nitrogens is 3. The van der Waals surface area contributed by atoms with Crippen LogP contribution in [0.1, 0.15) is 19.4 Å². The van der Waals surface area contributed by atoms with Crippen molar-refractivity contribution in [2.24, 2.45) is 11.7 Å². The molecule has 5 N–H and O–H groups in total. The van der Waals surface area contributed by atoms with E-state index in [0.29, 0.717) is 11.0 Å². The normalized spacial score (nSPS) is 12.2. The molecule has 24 heavy (non-hydrogen) atoms. The van der Waals surface area contributed by atoms with Gasteiger partial charge in [-0.25, -0.2) is 9.47 Å². The molecule has 0 aliphatic carbocycles. The van der Waals surface area contributed by atoms with Crippen molar-refractivity contribution in [2.45, 2.75) is 31.2 Å². The van der Waals surface area contributed by atoms with Gasteiger partial charge in [0.05, 0.1) is 5.25 Å². The summed E-state index contributed by atoms with van der Waals surface area (Å²) in [4.78, 5) is 23.0. The van der Waals surface area contributed by atoms with E-state index in [9.17, 15) is 9.59 Å². The maximum atomic E-state index is 12.1. The standard InChI is InChI=1S/C15H20N6O2S/c1-8(2)11(13(22)18-14(16)23)24-15-20-19-12(21(15)17)10-6-4-9(3)5-7-10/h4-8,11H,17H2,1-3H3,(H3,16,18,22,23)/t11-/m1/s1. The number of imide groups is 1. The van der Waals surface area contributed by atoms with Gasteiger partial charge in [0.2, 0.25) is 11.1 Å². The quantitative estimate of drug-likeness (QED) is 0.551. The zero-order valence-electron chi connectivity index (χ0n) is 13.7. The van der Waals surface area contributed by atoms with Crippen LogP contribution in [0, 0.1) is 12.8 Å². The van der Waals surface area contributed by atoms with Crippen molar-refractivity contribution in [3.05, 3.63) is 29.8 Å². The SMILES string of the molecule is Cc1ccc(-c2nnc(S[C@@H](C(=O)NC(N)=O)C(C)C)n2N)cc1. The molecule has 128 valence electrons. The number of amides is 3. The summed E-state index contributed by atoms with van der Waals surface area (Å²) in [5.74, 6) is 6.02. The molecule has 0 bridgehead atoms. The van der Waals surface area contributed by atoms with Crippen LogP contribution in [0.2, 0.25) is 0 Å². The highest BCUT2D eigenvalue weighted by atomic mass is 32.2. The van der Waals surface area contributed by atoms with Gasteiger partial charge in [0, 0.05) is 5.56 Å². The Balaban J connectivity index is 2.24. The van der Waals surface area contributed by atoms with Crippen LogP contribution in [-0.4, -0.2) is 32.1 Å². The van der Waals surface area contributed by atoms with Crippen molar-refractivity contribution in [1.82, 2.24) is 20.2 Å². The highest BCUT2D eigenvalue weighted by Crippen LogP contribution is 2.28. The zero-order chi connectivity index (χ0) is 17.9. The van der Waals surface area contributed by atoms with Crippen molar-refractivity contribution >= 4 is 23.7 Å². The summed E-state index contributed by atoms with van der Waals surface area (Å²) in [5.41, 5.74) is 6.96. The number of hydrogen-bond donors (Lipinski definition) is 3. The molecule has 0 fully saturated rings. The van der Waals surface area contributed by atoms with E-state index in [1.165, 1.54) is 4.68 Å². The first kappa shape index (κ1) is 17.8. The van der Waals surface area contributed by atoms with Gasteiger partial charge in [0.1, 0.15) is 0 Å². The van der Waals surface area contributed by atoms with E-state index in [0.717, 1.165) is 22.9 Å². The highest BCUT2D eigenvalue weighted by molar-refractivity contribution is 8.00. The average Bonchev–Trinajstić information content (AvgIpc) is 2.85. The smallest absolute Gasteiger partial charge is 0.318 e. The van der Waals surface area contributed by atoms with Gasteiger partial charge in [0.15, 0.2) is 5.82 Å². The Morgan fingerprint density at radius 2 is 1.83 bits per heavy atom. The monoisotopic (exact) mass is 348 g/mol. The van der Waals surface area contributed by atoms with Crippen LogP contribution in [0.4, 0.5) is 4.79 Å². The highest BCUT2D eigenvalue weighted by Gasteiger charge is 2.27. The predicted molar refractivity (Wildman–Crippen MR) is 92.6 cm³/mol. The second-order valence-electron chi connectivity index (χ2n) is 5.68. The predicted octanol–water partition coefficient (Wildman–Crippen LogP) is 1.28. The van der Waals surface area contributed by atoms with E-state index in [4.69, 9.17) is 11.6 Å². The fourth-order valence-electron chi connectivity index (χ4n) is 2.06. The number of nitrogens with two attached hydrogens (primary N) is 2. The summed E-state index contributed by atoms with van der Waals surface area (Å²) in [6.07, 6.45) is 0. The minimum atomic E-state index is -0.888. The summed E-state index contributed by atoms with van der Waals surface area (Å²) in [7, 11) is 0. The molecule has 2 rings (SSSR count). The minimum absolute atomic E-state index is 0.0612. The number of primary amides is 1. The fraction of sp³-hybridized carbons (Fsp3) is 0.333. The average molecular weight is 348 g/mol. The maximum Gasteiger partial charge on any atom is 0.318 e. The first-order chi connectivity index (χ1) is 11.3. The topological polar surface area (TPSA) is 129 Å². The molecule has 1 aromatic carbocycles. The molecule has 0 radical (unpaired) electrons. The van der Waals surface area contributed by atoms with Gasteiger partial charge < -0.3 is 11.6 Å². The Hall–Kier alpha value is -2.55. The van der Waals surface area contributed by atoms with Gasteiger partial charge in [0.25, 0.3) is 0 Å². The van der Waals surface area contributed by atoms with E-state index in [-0.39, 0.29) is 5.92 Å². The number of rotatable bonds is 5. The number of carbonyl (C=O) groups is 2. The minimum Gasteiger partial charge on any atom is -0.351 e. The lowest BCUT2D eigenvalue weighted by Gasteiger charge is -2.17. The van der Waals surface area contributed by atoms with Crippen molar-refractivity contribution in [3.8, 4) is 11.4 Å². The molecule has 1 heterocycles. The van der Waals surface area contributed by atoms with Crippen LogP contribution < -0.4 is 16.9 Å². The second-order valence-corrected chi connectivity index (χ2v) is 6.79. The van der Waals surface area contributed by atoms with E-state index < -0.39 is 17.2 Å². The Kier molecular flexibility index (Phi) is 5.45. The fourth-order valence-corrected chi connectivity index (χ4v) is 3.01. The molecule has 3 amide bonds. The molecule has 0 saturated carbocycles. The number of aryl methyl sites for hydroxylation is 1. The van der Waals surface area contributed by atoms with Gasteiger partial charge in [-0.3, -0.25) is 10.1 Å². The number of thioether (sulfide) groups is 1. The van der Waals surface area contributed by atoms with Crippen LogP contribution in [0.5, 0.6) is 0 Å². The van der Waals surface area contributed by atoms with Crippen LogP contribution in [-0.2, 0) is 4.79 Å². The first-order valence-electron chi connectivity index (χ1n) is 7.34. The third-order valence-electron chi connectivity index (χ3n) is 3.32. The van der Waals surface area contributed by atoms with Crippen molar-refractivity contribution in [1.29, 1.82) is 0 Å². The van der Waals surface area contributed by atoms with E-state index in [2.05, 4.69) is 15.5 Å². The number of benzene rings is 1. The van der Waals surface area contributed by atoms with Crippen molar-refractivity contribution < 1.29 is 9.59 Å². The molecule has 0 saturated heterocycles. The van der Waals surface area contributed by atoms with Crippen LogP contribution in [0.3, 0.4) is 0 Å². The van der Waals surface area contributed by atoms with Crippen molar-refractivity contribution in [2.75, 3.05) is 5.84 Å². The van der Waals surface area contributed by atoms with Gasteiger partial charge >= 0.3 is 6.03 Å². The summed E-state index contributed by atoms with van der Waals surface area (Å²) in [6.45, 7) is 5.70. The maximum absolute atomic E-state index is 12.1. The third-order valence-corrected chi connectivity index (χ3v) is 4.82. The molecular weight excluding hydrogens is 328 g/mol. The van der Waals surface area contributed by atoms with Gasteiger partial charge in [-0.2, -0.15) is 0 Å². The third kappa shape index (κ3) is 4.05. The largest absolute Gasteiger partial charge is 0.351 e. The molecule has 8 nitrogen and oxygen atoms in total. The molecule has 1 aromatic heterocycles. The molecule has 0 aliphatic heterocycles. The van der Waals surface area contributed by atoms with Crippen LogP contribution in [0.15, 0.2) is 29.4 Å². The lowest BCUT2D eigenvalue weighted by molar-refractivity contribution is -0.120. The molecule has 0 aliphatic rings. The molecule has 2 aromatic rings. The Labute approximate surface area is 144 Å². The van der Waals surface area contributed by atoms with Crippen LogP contribution in [0.25, 0.3) is 11.4 Å². The molecule has 1 atom stereocenters. The number of nitrogens with one attached hydrogen (secondary N) is 1. The lowest BCUT2D eigenvalue weighted by atomic mass is 10.1.